The van der Waals surface area contributed by atoms with Crippen LogP contribution < -0.4 is 0 Å². The van der Waals surface area contributed by atoms with Crippen LogP contribution in [0.2, 0.25) is 0 Å². The minimum absolute atomic E-state index is 0.110. The smallest absolute Gasteiger partial charge is 0.437 e. The van der Waals surface area contributed by atoms with E-state index < -0.39 is 29.7 Å². The fourth-order valence-corrected chi connectivity index (χ4v) is 1.93. The molecule has 1 aromatic carbocycles. The van der Waals surface area contributed by atoms with Gasteiger partial charge in [-0.15, -0.1) is 4.99 Å². The zero-order chi connectivity index (χ0) is 19.3. The molecule has 0 unspecified atom stereocenters. The molecule has 0 radical (unpaired) electrons. The van der Waals surface area contributed by atoms with Gasteiger partial charge in [0.15, 0.2) is 0 Å². The van der Waals surface area contributed by atoms with E-state index in [1.807, 2.05) is 0 Å². The summed E-state index contributed by atoms with van der Waals surface area (Å²) in [5.41, 5.74) is -0.730. The van der Waals surface area contributed by atoms with Crippen LogP contribution in [0.15, 0.2) is 53.8 Å². The number of aliphatic imine (C=N–C) groups is 1. The summed E-state index contributed by atoms with van der Waals surface area (Å²) in [6.07, 6.45) is 0.0569. The van der Waals surface area contributed by atoms with E-state index in [1.54, 1.807) is 39.0 Å². The summed E-state index contributed by atoms with van der Waals surface area (Å²) in [4.78, 5) is 40.5. The zero-order valence-electron chi connectivity index (χ0n) is 14.5. The molecule has 0 aliphatic rings. The Balaban J connectivity index is 2.49. The molecule has 0 fully saturated rings. The molecule has 1 aromatic heterocycles. The van der Waals surface area contributed by atoms with Gasteiger partial charge in [0.25, 0.3) is 5.91 Å². The van der Waals surface area contributed by atoms with E-state index in [2.05, 4.69) is 10.1 Å². The Bertz CT molecular complexity index is 823. The van der Waals surface area contributed by atoms with Crippen molar-refractivity contribution in [2.75, 3.05) is 0 Å². The summed E-state index contributed by atoms with van der Waals surface area (Å²) in [6.45, 7) is 4.91. The number of hydrogen-bond donors (Lipinski definition) is 1. The second-order valence-corrected chi connectivity index (χ2v) is 6.13. The molecule has 2 aromatic rings. The van der Waals surface area contributed by atoms with Crippen molar-refractivity contribution < 1.29 is 24.2 Å². The summed E-state index contributed by atoms with van der Waals surface area (Å²) < 4.78 is 6.08. The Morgan fingerprint density at radius 2 is 1.81 bits per heavy atom. The third kappa shape index (κ3) is 4.76. The Hall–Kier alpha value is -3.49. The SMILES string of the molecule is CC(C)(C)OC(=O)N=C(N(C(=O)O)C(=O)c1ccccc1)n1cccn1. The first kappa shape index (κ1) is 18.8. The van der Waals surface area contributed by atoms with Crippen molar-refractivity contribution in [2.45, 2.75) is 26.4 Å². The molecule has 1 heterocycles. The molecular weight excluding hydrogens is 340 g/mol. The highest BCUT2D eigenvalue weighted by molar-refractivity contribution is 6.16. The minimum atomic E-state index is -1.61. The largest absolute Gasteiger partial charge is 0.464 e. The Kier molecular flexibility index (Phi) is 5.51. The highest BCUT2D eigenvalue weighted by Gasteiger charge is 2.31. The predicted octanol–water partition coefficient (Wildman–Crippen LogP) is 2.84. The van der Waals surface area contributed by atoms with Crippen molar-refractivity contribution in [3.8, 4) is 0 Å². The number of amides is 3. The van der Waals surface area contributed by atoms with Crippen molar-refractivity contribution >= 4 is 24.1 Å². The number of rotatable bonds is 1. The summed E-state index contributed by atoms with van der Waals surface area (Å²) in [6, 6.07) is 9.26. The number of ether oxygens (including phenoxy) is 1. The maximum atomic E-state index is 12.7. The molecule has 0 aliphatic carbocycles. The molecule has 0 spiro atoms. The van der Waals surface area contributed by atoms with E-state index in [0.29, 0.717) is 4.90 Å². The lowest BCUT2D eigenvalue weighted by Gasteiger charge is -2.21. The van der Waals surface area contributed by atoms with Crippen LogP contribution in [-0.2, 0) is 4.74 Å². The van der Waals surface area contributed by atoms with E-state index in [9.17, 15) is 19.5 Å². The van der Waals surface area contributed by atoms with Crippen molar-refractivity contribution in [1.29, 1.82) is 0 Å². The fourth-order valence-electron chi connectivity index (χ4n) is 1.93. The van der Waals surface area contributed by atoms with E-state index in [4.69, 9.17) is 4.74 Å². The monoisotopic (exact) mass is 358 g/mol. The van der Waals surface area contributed by atoms with Crippen LogP contribution in [0.3, 0.4) is 0 Å². The summed E-state index contributed by atoms with van der Waals surface area (Å²) in [5.74, 6) is -1.39. The topological polar surface area (TPSA) is 114 Å². The molecule has 0 bridgehead atoms. The van der Waals surface area contributed by atoms with Crippen LogP contribution in [-0.4, -0.2) is 49.4 Å². The van der Waals surface area contributed by atoms with Crippen LogP contribution in [0.5, 0.6) is 0 Å². The molecule has 136 valence electrons. The van der Waals surface area contributed by atoms with Crippen LogP contribution in [0.25, 0.3) is 0 Å². The normalized spacial score (nSPS) is 11.7. The highest BCUT2D eigenvalue weighted by Crippen LogP contribution is 2.11. The molecule has 9 nitrogen and oxygen atoms in total. The predicted molar refractivity (Wildman–Crippen MR) is 91.9 cm³/mol. The van der Waals surface area contributed by atoms with Crippen LogP contribution in [0, 0.1) is 0 Å². The van der Waals surface area contributed by atoms with Crippen LogP contribution in [0.4, 0.5) is 9.59 Å². The molecule has 0 atom stereocenters. The van der Waals surface area contributed by atoms with Gasteiger partial charge in [-0.1, -0.05) is 18.2 Å². The third-order valence-electron chi connectivity index (χ3n) is 2.91. The molecule has 2 rings (SSSR count). The minimum Gasteiger partial charge on any atom is -0.464 e. The molecule has 1 N–H and O–H groups in total. The number of carbonyl (C=O) groups is 3. The first-order valence-electron chi connectivity index (χ1n) is 7.63. The van der Waals surface area contributed by atoms with Crippen molar-refractivity contribution in [1.82, 2.24) is 14.7 Å². The summed E-state index contributed by atoms with van der Waals surface area (Å²) >= 11 is 0. The second-order valence-electron chi connectivity index (χ2n) is 6.13. The van der Waals surface area contributed by atoms with Crippen molar-refractivity contribution in [3.63, 3.8) is 0 Å². The zero-order valence-corrected chi connectivity index (χ0v) is 14.5. The van der Waals surface area contributed by atoms with Gasteiger partial charge in [0.1, 0.15) is 5.60 Å². The van der Waals surface area contributed by atoms with Gasteiger partial charge >= 0.3 is 12.2 Å². The first-order chi connectivity index (χ1) is 12.2. The molecule has 0 saturated heterocycles. The van der Waals surface area contributed by atoms with E-state index in [-0.39, 0.29) is 5.56 Å². The quantitative estimate of drug-likeness (QED) is 0.619. The van der Waals surface area contributed by atoms with Gasteiger partial charge in [0.05, 0.1) is 0 Å². The fraction of sp³-hybridized carbons (Fsp3) is 0.235. The van der Waals surface area contributed by atoms with Gasteiger partial charge in [0, 0.05) is 18.0 Å². The summed E-state index contributed by atoms with van der Waals surface area (Å²) in [7, 11) is 0. The van der Waals surface area contributed by atoms with Crippen LogP contribution >= 0.6 is 0 Å². The van der Waals surface area contributed by atoms with Crippen molar-refractivity contribution in [3.05, 3.63) is 54.4 Å². The van der Waals surface area contributed by atoms with Crippen LogP contribution in [0.1, 0.15) is 31.1 Å². The average Bonchev–Trinajstić information content (AvgIpc) is 3.07. The van der Waals surface area contributed by atoms with E-state index in [0.717, 1.165) is 4.68 Å². The second kappa shape index (κ2) is 7.60. The van der Waals surface area contributed by atoms with Gasteiger partial charge in [-0.2, -0.15) is 10.00 Å². The van der Waals surface area contributed by atoms with Gasteiger partial charge < -0.3 is 9.84 Å². The number of carbonyl (C=O) groups excluding carboxylic acids is 2. The Morgan fingerprint density at radius 1 is 1.15 bits per heavy atom. The molecule has 0 saturated carbocycles. The number of hydrogen-bond acceptors (Lipinski definition) is 5. The van der Waals surface area contributed by atoms with Gasteiger partial charge in [0.2, 0.25) is 5.96 Å². The Labute approximate surface area is 149 Å². The lowest BCUT2D eigenvalue weighted by Crippen LogP contribution is -2.45. The number of nitrogens with zero attached hydrogens (tertiary/aromatic N) is 4. The number of benzene rings is 1. The molecule has 3 amide bonds. The molecule has 9 heteroatoms. The summed E-state index contributed by atoms with van der Waals surface area (Å²) in [5, 5.41) is 13.4. The molecule has 26 heavy (non-hydrogen) atoms. The average molecular weight is 358 g/mol. The standard InChI is InChI=1S/C17H18N4O5/c1-17(2,3)26-15(23)19-14(20-11-7-10-18-20)21(16(24)25)13(22)12-8-5-4-6-9-12/h4-11H,1-3H3,(H,24,25). The lowest BCUT2D eigenvalue weighted by molar-refractivity contribution is 0.0601. The van der Waals surface area contributed by atoms with E-state index in [1.165, 1.54) is 30.6 Å². The Morgan fingerprint density at radius 3 is 2.31 bits per heavy atom. The lowest BCUT2D eigenvalue weighted by atomic mass is 10.2. The van der Waals surface area contributed by atoms with E-state index >= 15 is 0 Å². The van der Waals surface area contributed by atoms with Gasteiger partial charge in [-0.05, 0) is 39.0 Å². The maximum absolute atomic E-state index is 12.7. The van der Waals surface area contributed by atoms with Gasteiger partial charge in [-0.3, -0.25) is 4.79 Å². The van der Waals surface area contributed by atoms with Crippen molar-refractivity contribution in [2.24, 2.45) is 4.99 Å². The molecular formula is C17H18N4O5. The number of carboxylic acid groups (broad SMARTS) is 1. The van der Waals surface area contributed by atoms with Gasteiger partial charge in [-0.25, -0.2) is 14.3 Å². The number of aromatic nitrogens is 2. The third-order valence-corrected chi connectivity index (χ3v) is 2.91. The maximum Gasteiger partial charge on any atom is 0.437 e. The molecule has 0 aliphatic heterocycles. The first-order valence-corrected chi connectivity index (χ1v) is 7.63. The number of imide groups is 1. The highest BCUT2D eigenvalue weighted by atomic mass is 16.6.